The maximum Gasteiger partial charge on any atom is 0.191 e. The van der Waals surface area contributed by atoms with Crippen molar-refractivity contribution in [3.8, 4) is 0 Å². The van der Waals surface area contributed by atoms with Gasteiger partial charge in [0, 0.05) is 38.1 Å². The molecule has 3 rings (SSSR count). The summed E-state index contributed by atoms with van der Waals surface area (Å²) in [7, 11) is 1.77. The summed E-state index contributed by atoms with van der Waals surface area (Å²) in [5.74, 6) is 2.24. The maximum atomic E-state index is 5.79. The average Bonchev–Trinajstić information content (AvgIpc) is 3.29. The molecule has 25 heavy (non-hydrogen) atoms. The molecule has 1 fully saturated rings. The van der Waals surface area contributed by atoms with E-state index in [1.807, 2.05) is 24.3 Å². The Labute approximate surface area is 148 Å². The van der Waals surface area contributed by atoms with Crippen LogP contribution >= 0.6 is 0 Å². The van der Waals surface area contributed by atoms with Crippen molar-refractivity contribution in [2.75, 3.05) is 40.0 Å². The van der Waals surface area contributed by atoms with Crippen LogP contribution in [0.3, 0.4) is 0 Å². The fourth-order valence-corrected chi connectivity index (χ4v) is 2.86. The number of hydrogen-bond donors (Lipinski definition) is 2. The zero-order valence-electron chi connectivity index (χ0n) is 14.8. The normalized spacial score (nSPS) is 18.0. The summed E-state index contributed by atoms with van der Waals surface area (Å²) in [6.45, 7) is 4.70. The lowest BCUT2D eigenvalue weighted by atomic mass is 10.1. The molecule has 2 N–H and O–H groups in total. The van der Waals surface area contributed by atoms with Crippen LogP contribution in [0.25, 0.3) is 11.0 Å². The second-order valence-corrected chi connectivity index (χ2v) is 6.26. The van der Waals surface area contributed by atoms with Gasteiger partial charge in [0.1, 0.15) is 11.3 Å². The number of rotatable bonds is 8. The van der Waals surface area contributed by atoms with Crippen LogP contribution in [-0.4, -0.2) is 46.0 Å². The van der Waals surface area contributed by atoms with Gasteiger partial charge in [0.25, 0.3) is 0 Å². The summed E-state index contributed by atoms with van der Waals surface area (Å²) >= 11 is 0. The number of fused-ring (bicyclic) bond motifs is 1. The van der Waals surface area contributed by atoms with E-state index in [-0.39, 0.29) is 0 Å². The zero-order valence-corrected chi connectivity index (χ0v) is 14.8. The van der Waals surface area contributed by atoms with Crippen LogP contribution in [0.1, 0.15) is 18.6 Å². The molecule has 2 aromatic rings. The van der Waals surface area contributed by atoms with E-state index >= 15 is 0 Å². The molecule has 0 saturated carbocycles. The van der Waals surface area contributed by atoms with Gasteiger partial charge in [-0.05, 0) is 25.0 Å². The molecular weight excluding hydrogens is 318 g/mol. The van der Waals surface area contributed by atoms with Crippen molar-refractivity contribution < 1.29 is 13.9 Å². The second-order valence-electron chi connectivity index (χ2n) is 6.26. The number of nitrogens with zero attached hydrogens (tertiary/aromatic N) is 1. The Balaban J connectivity index is 1.31. The van der Waals surface area contributed by atoms with Gasteiger partial charge in [0.15, 0.2) is 5.96 Å². The van der Waals surface area contributed by atoms with Gasteiger partial charge < -0.3 is 24.5 Å². The van der Waals surface area contributed by atoms with E-state index < -0.39 is 0 Å². The van der Waals surface area contributed by atoms with Crippen molar-refractivity contribution >= 4 is 16.9 Å². The Morgan fingerprint density at radius 3 is 3.04 bits per heavy atom. The summed E-state index contributed by atoms with van der Waals surface area (Å²) in [4.78, 5) is 4.23. The molecule has 1 unspecified atom stereocenters. The van der Waals surface area contributed by atoms with Gasteiger partial charge in [-0.2, -0.15) is 0 Å². The molecule has 1 aliphatic heterocycles. The molecule has 136 valence electrons. The third-order valence-corrected chi connectivity index (χ3v) is 4.27. The first-order valence-corrected chi connectivity index (χ1v) is 8.92. The Kier molecular flexibility index (Phi) is 6.71. The Morgan fingerprint density at radius 1 is 1.32 bits per heavy atom. The number of para-hydroxylation sites is 1. The standard InChI is InChI=1S/C19H27N3O3/c1-20-19(21-8-4-9-23-13-15-7-10-24-14-15)22-12-17-11-16-5-2-3-6-18(16)25-17/h2-3,5-6,11,15H,4,7-10,12-14H2,1H3,(H2,20,21,22). The quantitative estimate of drug-likeness (QED) is 0.437. The molecule has 0 radical (unpaired) electrons. The summed E-state index contributed by atoms with van der Waals surface area (Å²) in [5, 5.41) is 7.68. The van der Waals surface area contributed by atoms with E-state index in [1.54, 1.807) is 7.05 Å². The zero-order chi connectivity index (χ0) is 17.3. The fourth-order valence-electron chi connectivity index (χ4n) is 2.86. The van der Waals surface area contributed by atoms with Gasteiger partial charge in [-0.15, -0.1) is 0 Å². The summed E-state index contributed by atoms with van der Waals surface area (Å²) < 4.78 is 16.8. The number of guanidine groups is 1. The SMILES string of the molecule is CN=C(NCCCOCC1CCOC1)NCc1cc2ccccc2o1. The van der Waals surface area contributed by atoms with Crippen LogP contribution in [0.5, 0.6) is 0 Å². The molecule has 2 heterocycles. The highest BCUT2D eigenvalue weighted by atomic mass is 16.5. The van der Waals surface area contributed by atoms with Gasteiger partial charge in [-0.25, -0.2) is 0 Å². The predicted molar refractivity (Wildman–Crippen MR) is 98.8 cm³/mol. The van der Waals surface area contributed by atoms with E-state index in [0.717, 1.165) is 68.5 Å². The third-order valence-electron chi connectivity index (χ3n) is 4.27. The minimum atomic E-state index is 0.575. The van der Waals surface area contributed by atoms with Gasteiger partial charge in [0.2, 0.25) is 0 Å². The number of benzene rings is 1. The highest BCUT2D eigenvalue weighted by Gasteiger charge is 2.15. The third kappa shape index (κ3) is 5.47. The van der Waals surface area contributed by atoms with E-state index in [4.69, 9.17) is 13.9 Å². The highest BCUT2D eigenvalue weighted by molar-refractivity contribution is 5.80. The van der Waals surface area contributed by atoms with E-state index in [9.17, 15) is 0 Å². The van der Waals surface area contributed by atoms with Crippen LogP contribution in [0.4, 0.5) is 0 Å². The Morgan fingerprint density at radius 2 is 2.24 bits per heavy atom. The van der Waals surface area contributed by atoms with Crippen molar-refractivity contribution in [2.45, 2.75) is 19.4 Å². The van der Waals surface area contributed by atoms with Gasteiger partial charge in [0.05, 0.1) is 19.8 Å². The topological polar surface area (TPSA) is 68.0 Å². The number of ether oxygens (including phenoxy) is 2. The lowest BCUT2D eigenvalue weighted by molar-refractivity contribution is 0.0888. The lowest BCUT2D eigenvalue weighted by Crippen LogP contribution is -2.37. The van der Waals surface area contributed by atoms with Crippen molar-refractivity contribution in [1.82, 2.24) is 10.6 Å². The number of nitrogens with one attached hydrogen (secondary N) is 2. The summed E-state index contributed by atoms with van der Waals surface area (Å²) in [6.07, 6.45) is 2.06. The molecule has 6 nitrogen and oxygen atoms in total. The van der Waals surface area contributed by atoms with Crippen LogP contribution in [-0.2, 0) is 16.0 Å². The van der Waals surface area contributed by atoms with Crippen molar-refractivity contribution in [1.29, 1.82) is 0 Å². The summed E-state index contributed by atoms with van der Waals surface area (Å²) in [6, 6.07) is 10.1. The first kappa shape index (κ1) is 17.8. The molecule has 0 bridgehead atoms. The van der Waals surface area contributed by atoms with E-state index in [0.29, 0.717) is 12.5 Å². The Hall–Kier alpha value is -2.05. The molecule has 0 aliphatic carbocycles. The van der Waals surface area contributed by atoms with Gasteiger partial charge in [-0.3, -0.25) is 4.99 Å². The van der Waals surface area contributed by atoms with Crippen molar-refractivity contribution in [2.24, 2.45) is 10.9 Å². The van der Waals surface area contributed by atoms with Crippen LogP contribution in [0.2, 0.25) is 0 Å². The highest BCUT2D eigenvalue weighted by Crippen LogP contribution is 2.18. The minimum Gasteiger partial charge on any atom is -0.459 e. The van der Waals surface area contributed by atoms with Crippen molar-refractivity contribution in [3.05, 3.63) is 36.1 Å². The molecule has 1 aromatic heterocycles. The number of furan rings is 1. The molecule has 1 atom stereocenters. The maximum absolute atomic E-state index is 5.79. The first-order chi connectivity index (χ1) is 12.3. The first-order valence-electron chi connectivity index (χ1n) is 8.92. The minimum absolute atomic E-state index is 0.575. The van der Waals surface area contributed by atoms with Crippen LogP contribution < -0.4 is 10.6 Å². The van der Waals surface area contributed by atoms with Crippen molar-refractivity contribution in [3.63, 3.8) is 0 Å². The molecule has 0 spiro atoms. The molecular formula is C19H27N3O3. The largest absolute Gasteiger partial charge is 0.459 e. The Bertz CT molecular complexity index is 644. The molecule has 0 amide bonds. The van der Waals surface area contributed by atoms with Crippen LogP contribution in [0, 0.1) is 5.92 Å². The molecule has 1 aromatic carbocycles. The lowest BCUT2D eigenvalue weighted by Gasteiger charge is -2.12. The fraction of sp³-hybridized carbons (Fsp3) is 0.526. The predicted octanol–water partition coefficient (Wildman–Crippen LogP) is 2.54. The smallest absolute Gasteiger partial charge is 0.191 e. The molecule has 1 aliphatic rings. The number of aliphatic imine (C=N–C) groups is 1. The average molecular weight is 345 g/mol. The van der Waals surface area contributed by atoms with E-state index in [2.05, 4.69) is 21.7 Å². The molecule has 6 heteroatoms. The van der Waals surface area contributed by atoms with Crippen LogP contribution in [0.15, 0.2) is 39.7 Å². The molecule has 1 saturated heterocycles. The summed E-state index contributed by atoms with van der Waals surface area (Å²) in [5.41, 5.74) is 0.909. The van der Waals surface area contributed by atoms with Gasteiger partial charge in [-0.1, -0.05) is 18.2 Å². The number of hydrogen-bond acceptors (Lipinski definition) is 4. The van der Waals surface area contributed by atoms with E-state index in [1.165, 1.54) is 0 Å². The monoisotopic (exact) mass is 345 g/mol. The van der Waals surface area contributed by atoms with Gasteiger partial charge >= 0.3 is 0 Å². The second kappa shape index (κ2) is 9.44.